The number of hydrogen-bond donors (Lipinski definition) is 0. The molecule has 0 aliphatic carbocycles. The maximum atomic E-state index is 4.19. The molecule has 0 N–H and O–H groups in total. The predicted molar refractivity (Wildman–Crippen MR) is 246 cm³/mol. The largest absolute Gasteiger partial charge is 4.00 e. The van der Waals surface area contributed by atoms with E-state index >= 15 is 0 Å². The summed E-state index contributed by atoms with van der Waals surface area (Å²) in [4.78, 5) is 20.5. The van der Waals surface area contributed by atoms with E-state index in [9.17, 15) is 0 Å². The van der Waals surface area contributed by atoms with E-state index in [1.54, 1.807) is 37.2 Å². The molecule has 4 aromatic carbocycles. The van der Waals surface area contributed by atoms with Crippen molar-refractivity contribution < 1.29 is 39.9 Å². The summed E-state index contributed by atoms with van der Waals surface area (Å²) in [6.45, 7) is 0. The summed E-state index contributed by atoms with van der Waals surface area (Å²) in [6.07, 6.45) is 10.6. The summed E-state index contributed by atoms with van der Waals surface area (Å²) >= 11 is 11.6. The second-order valence-electron chi connectivity index (χ2n) is 11.1. The van der Waals surface area contributed by atoms with Gasteiger partial charge < -0.3 is 0 Å². The molecule has 9 aromatic rings. The van der Waals surface area contributed by atoms with Crippen molar-refractivity contribution in [3.63, 3.8) is 0 Å². The van der Waals surface area contributed by atoms with Crippen molar-refractivity contribution in [2.45, 2.75) is 0 Å². The fraction of sp³-hybridized carbons (Fsp3) is 0. The predicted octanol–water partition coefficient (Wildman–Crippen LogP) is 7.29. The van der Waals surface area contributed by atoms with Crippen LogP contribution in [0.1, 0.15) is 0 Å². The maximum Gasteiger partial charge on any atom is 4.00 e. The number of hydrogen-bond acceptors (Lipinski definition) is 5. The van der Waals surface area contributed by atoms with Crippen molar-refractivity contribution in [3.8, 4) is 22.8 Å². The summed E-state index contributed by atoms with van der Waals surface area (Å²) in [5.74, 6) is 0. The summed E-state index contributed by atoms with van der Waals surface area (Å²) in [5.41, 5.74) is 3.66. The average Bonchev–Trinajstić information content (AvgIpc) is 3.31. The van der Waals surface area contributed by atoms with E-state index in [0.717, 1.165) is 22.8 Å². The van der Waals surface area contributed by atoms with Gasteiger partial charge in [-0.05, 0) is 60.7 Å². The second-order valence-corrected chi connectivity index (χ2v) is 15.1. The van der Waals surface area contributed by atoms with Gasteiger partial charge in [0, 0.05) is 37.2 Å². The van der Waals surface area contributed by atoms with Crippen LogP contribution >= 0.6 is 0 Å². The Morgan fingerprint density at radius 3 is 0.525 bits per heavy atom. The van der Waals surface area contributed by atoms with Gasteiger partial charge in [0.1, 0.15) is 0 Å². The normalized spacial score (nSPS) is 8.81. The molecule has 59 heavy (non-hydrogen) atoms. The van der Waals surface area contributed by atoms with Crippen LogP contribution in [0.25, 0.3) is 22.8 Å². The standard InChI is InChI=1S/2C10H8N2.4C6H6Se.C5H5N.Th/c2*1-3-7-11-9(5-1)10-6-2-4-8-12-10;4*7-6-4-2-1-3-5-6;1-2-4-6-5-3-1;/h2*1-8H;4*1-5,7H;1-5H;/q;;;;;;;+4/p-4. The first-order valence-corrected chi connectivity index (χ1v) is 21.3. The minimum absolute atomic E-state index is 0. The van der Waals surface area contributed by atoms with Crippen LogP contribution < -0.4 is 17.8 Å². The number of nitrogens with zero attached hydrogens (tertiary/aromatic N) is 5. The summed E-state index contributed by atoms with van der Waals surface area (Å²) in [6, 6.07) is 69.2. The quantitative estimate of drug-likeness (QED) is 0.171. The molecular weight excluding hydrogens is 1210 g/mol. The molecule has 290 valence electrons. The maximum absolute atomic E-state index is 4.19. The van der Waals surface area contributed by atoms with Crippen molar-refractivity contribution in [1.29, 1.82) is 0 Å². The Kier molecular flexibility index (Phi) is 30.2. The van der Waals surface area contributed by atoms with Gasteiger partial charge in [0.2, 0.25) is 0 Å². The van der Waals surface area contributed by atoms with Crippen molar-refractivity contribution in [1.82, 2.24) is 24.9 Å². The van der Waals surface area contributed by atoms with Gasteiger partial charge in [-0.3, -0.25) is 24.9 Å². The zero-order valence-corrected chi connectivity index (χ0v) is 43.0. The molecule has 0 saturated carbocycles. The zero-order valence-electron chi connectivity index (χ0n) is 32.0. The SMILES string of the molecule is [Se-]c1ccccc1.[Se-]c1ccccc1.[Se-]c1ccccc1.[Se-]c1ccccc1.[Th+4].c1ccc(-c2ccccn2)nc1.c1ccc(-c2ccccn2)nc1.c1ccncc1. The first kappa shape index (κ1) is 51.2. The van der Waals surface area contributed by atoms with Crippen molar-refractivity contribution in [2.75, 3.05) is 0 Å². The molecule has 0 radical (unpaired) electrons. The first-order chi connectivity index (χ1) is 28.5. The molecule has 0 bridgehead atoms. The van der Waals surface area contributed by atoms with Crippen LogP contribution in [0.15, 0.2) is 250 Å². The monoisotopic (exact) mass is 1250 g/mol. The Balaban J connectivity index is 0.000000241. The second kappa shape index (κ2) is 34.9. The van der Waals surface area contributed by atoms with Crippen molar-refractivity contribution >= 4 is 81.9 Å². The molecule has 0 fully saturated rings. The Morgan fingerprint density at radius 2 is 0.407 bits per heavy atom. The molecule has 10 heteroatoms. The van der Waals surface area contributed by atoms with Crippen LogP contribution in [0.4, 0.5) is 0 Å². The summed E-state index contributed by atoms with van der Waals surface area (Å²) < 4.78 is 4.79. The van der Waals surface area contributed by atoms with Crippen molar-refractivity contribution in [3.05, 3.63) is 250 Å². The van der Waals surface area contributed by atoms with Gasteiger partial charge >= 0.3 is 243 Å². The van der Waals surface area contributed by atoms with Crippen LogP contribution in [0.5, 0.6) is 0 Å². The molecule has 0 amide bonds. The van der Waals surface area contributed by atoms with Crippen LogP contribution in [0.3, 0.4) is 0 Å². The van der Waals surface area contributed by atoms with Gasteiger partial charge in [-0.25, -0.2) is 0 Å². The molecule has 0 aliphatic rings. The minimum Gasteiger partial charge on any atom is -0.265 e. The van der Waals surface area contributed by atoms with Gasteiger partial charge in [-0.1, -0.05) is 30.3 Å². The molecular formula is C49H41N5Se4Th. The number of aromatic nitrogens is 5. The van der Waals surface area contributed by atoms with Crippen molar-refractivity contribution in [2.24, 2.45) is 0 Å². The Bertz CT molecular complexity index is 1910. The van der Waals surface area contributed by atoms with Gasteiger partial charge in [0.15, 0.2) is 0 Å². The number of rotatable bonds is 2. The Hall–Kier alpha value is -3.97. The molecule has 5 nitrogen and oxygen atoms in total. The van der Waals surface area contributed by atoms with Gasteiger partial charge in [0.25, 0.3) is 0 Å². The first-order valence-electron chi connectivity index (χ1n) is 17.9. The Labute approximate surface area is 414 Å². The van der Waals surface area contributed by atoms with E-state index in [-0.39, 0.29) is 39.9 Å². The fourth-order valence-electron chi connectivity index (χ4n) is 4.05. The molecule has 9 rings (SSSR count). The average molecular weight is 1250 g/mol. The van der Waals surface area contributed by atoms with E-state index in [1.807, 2.05) is 212 Å². The van der Waals surface area contributed by atoms with Crippen LogP contribution in [0, 0.1) is 39.9 Å². The summed E-state index contributed by atoms with van der Waals surface area (Å²) in [7, 11) is 0. The number of benzene rings is 4. The van der Waals surface area contributed by atoms with Crippen LogP contribution in [0.2, 0.25) is 0 Å². The van der Waals surface area contributed by atoms with E-state index < -0.39 is 0 Å². The van der Waals surface area contributed by atoms with E-state index in [2.05, 4.69) is 89.0 Å². The zero-order chi connectivity index (χ0) is 41.1. The number of pyridine rings is 5. The molecule has 0 saturated heterocycles. The molecule has 5 heterocycles. The van der Waals surface area contributed by atoms with Gasteiger partial charge in [0.05, 0.1) is 22.8 Å². The molecule has 0 unspecified atom stereocenters. The minimum atomic E-state index is 0. The third kappa shape index (κ3) is 26.7. The molecule has 0 spiro atoms. The van der Waals surface area contributed by atoms with Crippen LogP contribution in [-0.2, 0) is 0 Å². The molecule has 0 aliphatic heterocycles. The van der Waals surface area contributed by atoms with E-state index in [4.69, 9.17) is 0 Å². The smallest absolute Gasteiger partial charge is 0.265 e. The van der Waals surface area contributed by atoms with Gasteiger partial charge in [-0.2, -0.15) is 0 Å². The molecule has 5 aromatic heterocycles. The van der Waals surface area contributed by atoms with Gasteiger partial charge in [-0.15, -0.1) is 0 Å². The topological polar surface area (TPSA) is 64.5 Å². The fourth-order valence-corrected chi connectivity index (χ4v) is 5.37. The summed E-state index contributed by atoms with van der Waals surface area (Å²) in [5, 5.41) is 0. The van der Waals surface area contributed by atoms with Crippen LogP contribution in [-0.4, -0.2) is 89.0 Å². The van der Waals surface area contributed by atoms with E-state index in [0.29, 0.717) is 0 Å². The van der Waals surface area contributed by atoms with E-state index in [1.165, 1.54) is 17.8 Å². The third-order valence-corrected chi connectivity index (χ3v) is 9.01. The Morgan fingerprint density at radius 1 is 0.220 bits per heavy atom. The molecule has 0 atom stereocenters. The third-order valence-electron chi connectivity index (χ3n) is 6.72.